The molecule has 0 saturated heterocycles. The van der Waals surface area contributed by atoms with Gasteiger partial charge in [-0.25, -0.2) is 4.68 Å². The fourth-order valence-corrected chi connectivity index (χ4v) is 2.33. The molecule has 21 heavy (non-hydrogen) atoms. The monoisotopic (exact) mass is 306 g/mol. The molecular formula is C13H18N6OS. The molecule has 0 aliphatic heterocycles. The van der Waals surface area contributed by atoms with E-state index in [1.54, 1.807) is 4.68 Å². The molecule has 0 bridgehead atoms. The molecule has 1 heterocycles. The third-order valence-electron chi connectivity index (χ3n) is 2.74. The van der Waals surface area contributed by atoms with Crippen molar-refractivity contribution in [1.29, 1.82) is 0 Å². The third kappa shape index (κ3) is 4.83. The number of aromatic nitrogens is 4. The maximum atomic E-state index is 11.9. The molecule has 0 spiro atoms. The maximum absolute atomic E-state index is 11.9. The average molecular weight is 306 g/mol. The molecule has 7 nitrogen and oxygen atoms in total. The first-order chi connectivity index (χ1) is 10.2. The summed E-state index contributed by atoms with van der Waals surface area (Å²) in [6, 6.07) is 7.69. The number of amides is 1. The number of rotatable bonds is 7. The molecule has 0 saturated carbocycles. The lowest BCUT2D eigenvalue weighted by molar-refractivity contribution is -0.113. The third-order valence-corrected chi connectivity index (χ3v) is 3.70. The second kappa shape index (κ2) is 7.75. The Morgan fingerprint density at radius 2 is 2.10 bits per heavy atom. The van der Waals surface area contributed by atoms with Gasteiger partial charge in [0.2, 0.25) is 11.1 Å². The van der Waals surface area contributed by atoms with E-state index in [0.717, 1.165) is 17.8 Å². The number of nitrogens with zero attached hydrogens (tertiary/aromatic N) is 4. The summed E-state index contributed by atoms with van der Waals surface area (Å²) < 4.78 is 1.68. The lowest BCUT2D eigenvalue weighted by Gasteiger charge is -2.06. The van der Waals surface area contributed by atoms with Crippen molar-refractivity contribution in [2.75, 3.05) is 24.7 Å². The zero-order chi connectivity index (χ0) is 15.1. The van der Waals surface area contributed by atoms with Crippen LogP contribution in [-0.2, 0) is 11.3 Å². The van der Waals surface area contributed by atoms with E-state index >= 15 is 0 Å². The van der Waals surface area contributed by atoms with Crippen LogP contribution < -0.4 is 10.6 Å². The van der Waals surface area contributed by atoms with Gasteiger partial charge >= 0.3 is 0 Å². The normalized spacial score (nSPS) is 10.6. The summed E-state index contributed by atoms with van der Waals surface area (Å²) in [6.07, 6.45) is 0. The number of hydrogen-bond acceptors (Lipinski definition) is 6. The van der Waals surface area contributed by atoms with E-state index in [1.165, 1.54) is 11.8 Å². The van der Waals surface area contributed by atoms with Gasteiger partial charge in [-0.05, 0) is 36.5 Å². The van der Waals surface area contributed by atoms with E-state index in [2.05, 4.69) is 26.2 Å². The van der Waals surface area contributed by atoms with Crippen LogP contribution in [0.3, 0.4) is 0 Å². The lowest BCUT2D eigenvalue weighted by Crippen LogP contribution is -2.18. The molecule has 1 aromatic heterocycles. The van der Waals surface area contributed by atoms with Crippen molar-refractivity contribution in [1.82, 2.24) is 25.5 Å². The number of nitrogens with one attached hydrogen (secondary N) is 2. The minimum absolute atomic E-state index is 0.0768. The summed E-state index contributed by atoms with van der Waals surface area (Å²) in [5.74, 6) is 0.195. The second-order valence-corrected chi connectivity index (χ2v) is 5.43. The van der Waals surface area contributed by atoms with Crippen LogP contribution in [0, 0.1) is 6.92 Å². The van der Waals surface area contributed by atoms with Gasteiger partial charge in [-0.2, -0.15) is 0 Å². The number of thioether (sulfide) groups is 1. The molecule has 0 atom stereocenters. The van der Waals surface area contributed by atoms with Crippen LogP contribution in [0.15, 0.2) is 29.4 Å². The Morgan fingerprint density at radius 3 is 2.81 bits per heavy atom. The maximum Gasteiger partial charge on any atom is 0.234 e. The molecule has 0 fully saturated rings. The molecule has 0 radical (unpaired) electrons. The number of tetrazole rings is 1. The van der Waals surface area contributed by atoms with E-state index in [9.17, 15) is 4.79 Å². The van der Waals surface area contributed by atoms with Crippen LogP contribution in [0.5, 0.6) is 0 Å². The molecule has 2 rings (SSSR count). The highest BCUT2D eigenvalue weighted by molar-refractivity contribution is 7.99. The number of hydrogen-bond donors (Lipinski definition) is 2. The molecular weight excluding hydrogens is 288 g/mol. The van der Waals surface area contributed by atoms with Gasteiger partial charge in [0.05, 0.1) is 12.3 Å². The molecule has 8 heteroatoms. The molecule has 1 aromatic carbocycles. The zero-order valence-corrected chi connectivity index (χ0v) is 12.9. The van der Waals surface area contributed by atoms with Crippen molar-refractivity contribution in [3.63, 3.8) is 0 Å². The summed E-state index contributed by atoms with van der Waals surface area (Å²) in [4.78, 5) is 11.9. The highest BCUT2D eigenvalue weighted by Crippen LogP contribution is 2.14. The molecule has 0 aliphatic carbocycles. The minimum Gasteiger partial charge on any atom is -0.325 e. The van der Waals surface area contributed by atoms with Crippen LogP contribution in [-0.4, -0.2) is 45.5 Å². The van der Waals surface area contributed by atoms with Gasteiger partial charge in [0.15, 0.2) is 0 Å². The highest BCUT2D eigenvalue weighted by atomic mass is 32.2. The first kappa shape index (κ1) is 15.5. The van der Waals surface area contributed by atoms with Crippen molar-refractivity contribution in [2.45, 2.75) is 18.6 Å². The standard InChI is InChI=1S/C13H18N6OS/c1-10-3-5-11(6-4-10)15-12(20)9-21-13-16-17-18-19(13)8-7-14-2/h3-6,14H,7-9H2,1-2H3,(H,15,20). The molecule has 112 valence electrons. The van der Waals surface area contributed by atoms with E-state index in [0.29, 0.717) is 11.7 Å². The van der Waals surface area contributed by atoms with E-state index in [-0.39, 0.29) is 11.7 Å². The fraction of sp³-hybridized carbons (Fsp3) is 0.385. The van der Waals surface area contributed by atoms with Crippen molar-refractivity contribution < 1.29 is 4.79 Å². The van der Waals surface area contributed by atoms with Gasteiger partial charge < -0.3 is 10.6 Å². The SMILES string of the molecule is CNCCn1nnnc1SCC(=O)Nc1ccc(C)cc1. The van der Waals surface area contributed by atoms with Crippen molar-refractivity contribution in [2.24, 2.45) is 0 Å². The molecule has 1 amide bonds. The number of likely N-dealkylation sites (N-methyl/N-ethyl adjacent to an activating group) is 1. The zero-order valence-electron chi connectivity index (χ0n) is 12.0. The van der Waals surface area contributed by atoms with Crippen LogP contribution in [0.1, 0.15) is 5.56 Å². The second-order valence-electron chi connectivity index (χ2n) is 4.49. The van der Waals surface area contributed by atoms with Crippen LogP contribution in [0.2, 0.25) is 0 Å². The van der Waals surface area contributed by atoms with E-state index < -0.39 is 0 Å². The van der Waals surface area contributed by atoms with Gasteiger partial charge in [0.1, 0.15) is 0 Å². The quantitative estimate of drug-likeness (QED) is 0.740. The molecule has 2 aromatic rings. The van der Waals surface area contributed by atoms with Gasteiger partial charge in [-0.1, -0.05) is 29.5 Å². The fourth-order valence-electron chi connectivity index (χ4n) is 1.62. The summed E-state index contributed by atoms with van der Waals surface area (Å²) in [5, 5.41) is 18.0. The Labute approximate surface area is 127 Å². The predicted molar refractivity (Wildman–Crippen MR) is 82.3 cm³/mol. The lowest BCUT2D eigenvalue weighted by atomic mass is 10.2. The van der Waals surface area contributed by atoms with Crippen molar-refractivity contribution in [3.05, 3.63) is 29.8 Å². The van der Waals surface area contributed by atoms with Crippen LogP contribution in [0.4, 0.5) is 5.69 Å². The highest BCUT2D eigenvalue weighted by Gasteiger charge is 2.09. The van der Waals surface area contributed by atoms with E-state index in [1.807, 2.05) is 38.2 Å². The number of anilines is 1. The predicted octanol–water partition coefficient (Wildman–Crippen LogP) is 0.932. The number of aryl methyl sites for hydroxylation is 1. The van der Waals surface area contributed by atoms with Gasteiger partial charge in [-0.3, -0.25) is 4.79 Å². The first-order valence-electron chi connectivity index (χ1n) is 6.59. The Hall–Kier alpha value is -1.93. The van der Waals surface area contributed by atoms with Crippen LogP contribution >= 0.6 is 11.8 Å². The first-order valence-corrected chi connectivity index (χ1v) is 7.57. The van der Waals surface area contributed by atoms with Gasteiger partial charge in [0.25, 0.3) is 0 Å². The van der Waals surface area contributed by atoms with Gasteiger partial charge in [-0.15, -0.1) is 5.10 Å². The van der Waals surface area contributed by atoms with Crippen molar-refractivity contribution in [3.8, 4) is 0 Å². The molecule has 2 N–H and O–H groups in total. The topological polar surface area (TPSA) is 84.7 Å². The average Bonchev–Trinajstić information content (AvgIpc) is 2.93. The summed E-state index contributed by atoms with van der Waals surface area (Å²) >= 11 is 1.32. The Morgan fingerprint density at radius 1 is 1.33 bits per heavy atom. The van der Waals surface area contributed by atoms with E-state index in [4.69, 9.17) is 0 Å². The summed E-state index contributed by atoms with van der Waals surface area (Å²) in [7, 11) is 1.87. The minimum atomic E-state index is -0.0768. The Bertz CT molecular complexity index is 583. The number of benzene rings is 1. The summed E-state index contributed by atoms with van der Waals surface area (Å²) in [5.41, 5.74) is 1.95. The Kier molecular flexibility index (Phi) is 5.70. The largest absolute Gasteiger partial charge is 0.325 e. The smallest absolute Gasteiger partial charge is 0.234 e. The summed E-state index contributed by atoms with van der Waals surface area (Å²) in [6.45, 7) is 3.45. The molecule has 0 aliphatic rings. The number of carbonyl (C=O) groups is 1. The molecule has 0 unspecified atom stereocenters. The van der Waals surface area contributed by atoms with Crippen LogP contribution in [0.25, 0.3) is 0 Å². The number of carbonyl (C=O) groups excluding carboxylic acids is 1. The Balaban J connectivity index is 1.83. The van der Waals surface area contributed by atoms with Gasteiger partial charge in [0, 0.05) is 12.2 Å². The van der Waals surface area contributed by atoms with Crippen molar-refractivity contribution >= 4 is 23.4 Å².